The van der Waals surface area contributed by atoms with Crippen LogP contribution in [0.5, 0.6) is 5.75 Å². The van der Waals surface area contributed by atoms with Crippen molar-refractivity contribution in [2.24, 2.45) is 0 Å². The summed E-state index contributed by atoms with van der Waals surface area (Å²) in [4.78, 5) is 4.53. The molecule has 130 valence electrons. The van der Waals surface area contributed by atoms with Gasteiger partial charge in [-0.1, -0.05) is 0 Å². The number of alkyl halides is 3. The molecule has 0 bridgehead atoms. The quantitative estimate of drug-likeness (QED) is 0.550. The maximum absolute atomic E-state index is 14.4. The van der Waals surface area contributed by atoms with Gasteiger partial charge in [0.1, 0.15) is 11.6 Å². The molecule has 0 aliphatic rings. The zero-order chi connectivity index (χ0) is 18.2. The molecule has 1 aromatic carbocycles. The van der Waals surface area contributed by atoms with Crippen LogP contribution in [0, 0.1) is 5.82 Å². The Morgan fingerprint density at radius 1 is 1.12 bits per heavy atom. The lowest BCUT2D eigenvalue weighted by molar-refractivity contribution is -0.141. The highest BCUT2D eigenvalue weighted by atomic mass is 32.1. The Morgan fingerprint density at radius 3 is 2.44 bits per heavy atom. The third-order valence-corrected chi connectivity index (χ3v) is 3.67. The third-order valence-electron chi connectivity index (χ3n) is 3.40. The second-order valence-corrected chi connectivity index (χ2v) is 5.56. The maximum atomic E-state index is 14.4. The third kappa shape index (κ3) is 3.46. The molecule has 0 aliphatic carbocycles. The molecule has 4 nitrogen and oxygen atoms in total. The van der Waals surface area contributed by atoms with Crippen molar-refractivity contribution < 1.29 is 22.3 Å². The van der Waals surface area contributed by atoms with Crippen LogP contribution < -0.4 is 4.74 Å². The summed E-state index contributed by atoms with van der Waals surface area (Å²) in [6.45, 7) is 0. The van der Waals surface area contributed by atoms with E-state index in [-0.39, 0.29) is 22.8 Å². The number of pyridine rings is 1. The van der Waals surface area contributed by atoms with Gasteiger partial charge < -0.3 is 4.74 Å². The summed E-state index contributed by atoms with van der Waals surface area (Å²) in [6, 6.07) is 7.64. The van der Waals surface area contributed by atoms with E-state index in [9.17, 15) is 17.6 Å². The van der Waals surface area contributed by atoms with E-state index in [1.165, 1.54) is 31.5 Å². The zero-order valence-corrected chi connectivity index (χ0v) is 13.6. The minimum absolute atomic E-state index is 0.0550. The molecule has 3 rings (SSSR count). The molecule has 0 saturated carbocycles. The molecule has 0 radical (unpaired) electrons. The van der Waals surface area contributed by atoms with Gasteiger partial charge in [-0.3, -0.25) is 0 Å². The van der Waals surface area contributed by atoms with E-state index in [2.05, 4.69) is 22.7 Å². The first-order valence-electron chi connectivity index (χ1n) is 6.96. The average molecular weight is 369 g/mol. The fourth-order valence-electron chi connectivity index (χ4n) is 2.22. The van der Waals surface area contributed by atoms with Gasteiger partial charge in [-0.15, -0.1) is 12.6 Å². The van der Waals surface area contributed by atoms with E-state index in [1.54, 1.807) is 6.07 Å². The van der Waals surface area contributed by atoms with Crippen LogP contribution in [0.4, 0.5) is 17.6 Å². The Bertz CT molecular complexity index is 907. The fraction of sp³-hybridized carbons (Fsp3) is 0.125. The molecular formula is C16H11F4N3OS. The van der Waals surface area contributed by atoms with Gasteiger partial charge in [0.15, 0.2) is 11.5 Å². The first-order valence-corrected chi connectivity index (χ1v) is 7.41. The summed E-state index contributed by atoms with van der Waals surface area (Å²) >= 11 is 4.08. The molecule has 9 heteroatoms. The Labute approximate surface area is 145 Å². The summed E-state index contributed by atoms with van der Waals surface area (Å²) in [6.07, 6.45) is -3.31. The molecule has 0 amide bonds. The Kier molecular flexibility index (Phi) is 4.42. The number of thiol groups is 1. The number of benzene rings is 1. The Balaban J connectivity index is 2.21. The SMILES string of the molecule is COc1ccc(-c2cc(C(F)(F)F)nn2-c2ccc(S)cn2)c(F)c1. The molecule has 0 spiro atoms. The number of hydrogen-bond acceptors (Lipinski definition) is 4. The van der Waals surface area contributed by atoms with E-state index >= 15 is 0 Å². The van der Waals surface area contributed by atoms with E-state index in [4.69, 9.17) is 4.74 Å². The summed E-state index contributed by atoms with van der Waals surface area (Å²) < 4.78 is 59.4. The van der Waals surface area contributed by atoms with Gasteiger partial charge >= 0.3 is 6.18 Å². The van der Waals surface area contributed by atoms with Crippen molar-refractivity contribution in [2.75, 3.05) is 7.11 Å². The van der Waals surface area contributed by atoms with E-state index in [0.717, 1.165) is 16.8 Å². The van der Waals surface area contributed by atoms with Crippen molar-refractivity contribution in [3.63, 3.8) is 0 Å². The van der Waals surface area contributed by atoms with Crippen LogP contribution in [0.3, 0.4) is 0 Å². The monoisotopic (exact) mass is 369 g/mol. The smallest absolute Gasteiger partial charge is 0.435 e. The number of nitrogens with zero attached hydrogens (tertiary/aromatic N) is 3. The zero-order valence-electron chi connectivity index (χ0n) is 12.8. The van der Waals surface area contributed by atoms with E-state index in [0.29, 0.717) is 4.90 Å². The van der Waals surface area contributed by atoms with Crippen LogP contribution in [0.25, 0.3) is 17.1 Å². The Hall–Kier alpha value is -2.55. The second-order valence-electron chi connectivity index (χ2n) is 5.04. The van der Waals surface area contributed by atoms with Gasteiger partial charge in [-0.05, 0) is 30.3 Å². The van der Waals surface area contributed by atoms with Gasteiger partial charge in [-0.25, -0.2) is 14.1 Å². The molecule has 0 fully saturated rings. The Morgan fingerprint density at radius 2 is 1.88 bits per heavy atom. The van der Waals surface area contributed by atoms with Crippen LogP contribution in [0.2, 0.25) is 0 Å². The lowest BCUT2D eigenvalue weighted by Gasteiger charge is -2.09. The lowest BCUT2D eigenvalue weighted by Crippen LogP contribution is -2.08. The summed E-state index contributed by atoms with van der Waals surface area (Å²) in [5, 5.41) is 3.55. The van der Waals surface area contributed by atoms with Crippen LogP contribution >= 0.6 is 12.6 Å². The van der Waals surface area contributed by atoms with Crippen molar-refractivity contribution in [2.45, 2.75) is 11.1 Å². The normalized spacial score (nSPS) is 11.6. The minimum atomic E-state index is -4.67. The van der Waals surface area contributed by atoms with Gasteiger partial charge in [0.25, 0.3) is 0 Å². The number of aromatic nitrogens is 3. The topological polar surface area (TPSA) is 39.9 Å². The van der Waals surface area contributed by atoms with Crippen LogP contribution in [-0.4, -0.2) is 21.9 Å². The standard InChI is InChI=1S/C16H11F4N3OS/c1-24-9-2-4-11(12(17)6-9)13-7-14(16(18,19)20)22-23(13)15-5-3-10(25)8-21-15/h2-8,25H,1H3. The fourth-order valence-corrected chi connectivity index (χ4v) is 2.35. The number of ether oxygens (including phenoxy) is 1. The molecule has 2 heterocycles. The molecular weight excluding hydrogens is 358 g/mol. The van der Waals surface area contributed by atoms with E-state index in [1.807, 2.05) is 0 Å². The van der Waals surface area contributed by atoms with Crippen LogP contribution in [-0.2, 0) is 6.18 Å². The molecule has 25 heavy (non-hydrogen) atoms. The van der Waals surface area contributed by atoms with Crippen molar-refractivity contribution in [1.29, 1.82) is 0 Å². The average Bonchev–Trinajstić information content (AvgIpc) is 3.00. The molecule has 0 saturated heterocycles. The first-order chi connectivity index (χ1) is 11.8. The van der Waals surface area contributed by atoms with E-state index < -0.39 is 17.7 Å². The van der Waals surface area contributed by atoms with Crippen molar-refractivity contribution in [3.8, 4) is 22.8 Å². The molecule has 0 N–H and O–H groups in total. The highest BCUT2D eigenvalue weighted by molar-refractivity contribution is 7.80. The summed E-state index contributed by atoms with van der Waals surface area (Å²) in [7, 11) is 1.36. The molecule has 3 aromatic rings. The predicted molar refractivity (Wildman–Crippen MR) is 85.6 cm³/mol. The number of methoxy groups -OCH3 is 1. The maximum Gasteiger partial charge on any atom is 0.435 e. The largest absolute Gasteiger partial charge is 0.497 e. The summed E-state index contributed by atoms with van der Waals surface area (Å²) in [5.74, 6) is -0.375. The summed E-state index contributed by atoms with van der Waals surface area (Å²) in [5.41, 5.74) is -1.28. The van der Waals surface area contributed by atoms with Crippen molar-refractivity contribution in [1.82, 2.24) is 14.8 Å². The van der Waals surface area contributed by atoms with Gasteiger partial charge in [0.2, 0.25) is 0 Å². The molecule has 0 unspecified atom stereocenters. The van der Waals surface area contributed by atoms with Crippen LogP contribution in [0.15, 0.2) is 47.5 Å². The second kappa shape index (κ2) is 6.40. The number of rotatable bonds is 3. The molecule has 0 aliphatic heterocycles. The van der Waals surface area contributed by atoms with Crippen LogP contribution in [0.1, 0.15) is 5.69 Å². The van der Waals surface area contributed by atoms with Gasteiger partial charge in [-0.2, -0.15) is 18.3 Å². The number of halogens is 4. The highest BCUT2D eigenvalue weighted by Gasteiger charge is 2.35. The van der Waals surface area contributed by atoms with Crippen molar-refractivity contribution >= 4 is 12.6 Å². The molecule has 0 atom stereocenters. The predicted octanol–water partition coefficient (Wildman–Crippen LogP) is 4.39. The lowest BCUT2D eigenvalue weighted by atomic mass is 10.1. The first kappa shape index (κ1) is 17.3. The molecule has 2 aromatic heterocycles. The van der Waals surface area contributed by atoms with Gasteiger partial charge in [0, 0.05) is 22.7 Å². The van der Waals surface area contributed by atoms with Crippen molar-refractivity contribution in [3.05, 3.63) is 54.1 Å². The highest BCUT2D eigenvalue weighted by Crippen LogP contribution is 2.34. The number of hydrogen-bond donors (Lipinski definition) is 1. The minimum Gasteiger partial charge on any atom is -0.497 e. The van der Waals surface area contributed by atoms with Gasteiger partial charge in [0.05, 0.1) is 12.8 Å².